The molecule has 0 aliphatic carbocycles. The van der Waals surface area contributed by atoms with Crippen LogP contribution in [0.25, 0.3) is 6.08 Å². The smallest absolute Gasteiger partial charge is 0.325 e. The van der Waals surface area contributed by atoms with Gasteiger partial charge in [-0.05, 0) is 0 Å². The first-order valence-electron chi connectivity index (χ1n) is 3.42. The molecule has 4 N–H and O–H groups in total. The van der Waals surface area contributed by atoms with Gasteiger partial charge in [0.25, 0.3) is 5.56 Å². The molecule has 0 aromatic carbocycles. The highest BCUT2D eigenvalue weighted by Crippen LogP contribution is 1.86. The monoisotopic (exact) mass is 167 g/mol. The normalized spacial score (nSPS) is 10.8. The van der Waals surface area contributed by atoms with Crippen molar-refractivity contribution in [1.29, 1.82) is 0 Å². The van der Waals surface area contributed by atoms with E-state index in [-0.39, 0.29) is 0 Å². The van der Waals surface area contributed by atoms with Gasteiger partial charge in [-0.15, -0.1) is 0 Å². The summed E-state index contributed by atoms with van der Waals surface area (Å²) < 4.78 is 0. The van der Waals surface area contributed by atoms with E-state index >= 15 is 0 Å². The van der Waals surface area contributed by atoms with E-state index in [9.17, 15) is 9.59 Å². The Hall–Kier alpha value is -1.62. The zero-order valence-electron chi connectivity index (χ0n) is 6.33. The lowest BCUT2D eigenvalue weighted by Gasteiger charge is -1.88. The van der Waals surface area contributed by atoms with Crippen molar-refractivity contribution in [2.75, 3.05) is 6.54 Å². The van der Waals surface area contributed by atoms with Crippen LogP contribution in [0.5, 0.6) is 0 Å². The number of aromatic nitrogens is 2. The van der Waals surface area contributed by atoms with E-state index in [1.165, 1.54) is 6.20 Å². The third kappa shape index (κ3) is 1.93. The van der Waals surface area contributed by atoms with Gasteiger partial charge in [0.2, 0.25) is 0 Å². The minimum absolute atomic E-state index is 0.360. The van der Waals surface area contributed by atoms with E-state index in [1.54, 1.807) is 12.2 Å². The molecule has 0 radical (unpaired) electrons. The van der Waals surface area contributed by atoms with Gasteiger partial charge in [0.15, 0.2) is 0 Å². The number of nitrogens with one attached hydrogen (secondary N) is 2. The molecule has 12 heavy (non-hydrogen) atoms. The lowest BCUT2D eigenvalue weighted by atomic mass is 10.3. The Morgan fingerprint density at radius 3 is 2.83 bits per heavy atom. The van der Waals surface area contributed by atoms with Crippen LogP contribution in [0.2, 0.25) is 0 Å². The molecule has 1 heterocycles. The van der Waals surface area contributed by atoms with E-state index in [0.717, 1.165) is 0 Å². The summed E-state index contributed by atoms with van der Waals surface area (Å²) in [5.41, 5.74) is 4.65. The van der Waals surface area contributed by atoms with Crippen LogP contribution >= 0.6 is 0 Å². The van der Waals surface area contributed by atoms with Crippen molar-refractivity contribution >= 4 is 6.08 Å². The number of nitrogens with two attached hydrogens (primary N) is 1. The highest BCUT2D eigenvalue weighted by atomic mass is 16.2. The molecular formula is C7H9N3O2. The molecule has 5 nitrogen and oxygen atoms in total. The van der Waals surface area contributed by atoms with Gasteiger partial charge in [0.05, 0.1) is 5.56 Å². The van der Waals surface area contributed by atoms with Crippen molar-refractivity contribution in [2.24, 2.45) is 5.73 Å². The Kier molecular flexibility index (Phi) is 2.60. The highest BCUT2D eigenvalue weighted by Gasteiger charge is 1.92. The first-order chi connectivity index (χ1) is 5.74. The first-order valence-corrected chi connectivity index (χ1v) is 3.42. The Bertz CT molecular complexity index is 388. The molecule has 0 spiro atoms. The molecule has 64 valence electrons. The Morgan fingerprint density at radius 1 is 1.50 bits per heavy atom. The summed E-state index contributed by atoms with van der Waals surface area (Å²) in [6.07, 6.45) is 4.52. The van der Waals surface area contributed by atoms with Crippen LogP contribution in [-0.4, -0.2) is 16.5 Å². The summed E-state index contributed by atoms with van der Waals surface area (Å²) >= 11 is 0. The fourth-order valence-electron chi connectivity index (χ4n) is 0.739. The van der Waals surface area contributed by atoms with E-state index in [0.29, 0.717) is 12.1 Å². The molecule has 0 saturated heterocycles. The minimum atomic E-state index is -0.509. The molecule has 0 saturated carbocycles. The second-order valence-electron chi connectivity index (χ2n) is 2.17. The molecule has 1 aromatic heterocycles. The zero-order valence-corrected chi connectivity index (χ0v) is 6.33. The first kappa shape index (κ1) is 8.48. The molecule has 0 atom stereocenters. The molecule has 0 amide bonds. The second kappa shape index (κ2) is 3.68. The topological polar surface area (TPSA) is 91.7 Å². The van der Waals surface area contributed by atoms with Crippen LogP contribution in [-0.2, 0) is 0 Å². The van der Waals surface area contributed by atoms with Crippen LogP contribution in [0.4, 0.5) is 0 Å². The second-order valence-corrected chi connectivity index (χ2v) is 2.17. The average Bonchev–Trinajstić information content (AvgIpc) is 2.03. The summed E-state index contributed by atoms with van der Waals surface area (Å²) in [6.45, 7) is 0.360. The lowest BCUT2D eigenvalue weighted by molar-refractivity contribution is 1.03. The summed E-state index contributed by atoms with van der Waals surface area (Å²) in [6, 6.07) is 0. The predicted octanol–water partition coefficient (Wildman–Crippen LogP) is -0.965. The SMILES string of the molecule is NC/C=C/c1c[nH]c(=O)[nH]c1=O. The maximum absolute atomic E-state index is 11.0. The van der Waals surface area contributed by atoms with Crippen molar-refractivity contribution in [1.82, 2.24) is 9.97 Å². The number of H-pyrrole nitrogens is 2. The molecule has 0 fully saturated rings. The lowest BCUT2D eigenvalue weighted by Crippen LogP contribution is -2.22. The summed E-state index contributed by atoms with van der Waals surface area (Å²) in [5, 5.41) is 0. The van der Waals surface area contributed by atoms with Crippen molar-refractivity contribution in [3.8, 4) is 0 Å². The van der Waals surface area contributed by atoms with E-state index in [4.69, 9.17) is 5.73 Å². The summed E-state index contributed by atoms with van der Waals surface area (Å²) in [4.78, 5) is 26.0. The van der Waals surface area contributed by atoms with E-state index in [1.807, 2.05) is 0 Å². The van der Waals surface area contributed by atoms with Gasteiger partial charge >= 0.3 is 5.69 Å². The molecular weight excluding hydrogens is 158 g/mol. The van der Waals surface area contributed by atoms with Gasteiger partial charge in [0, 0.05) is 12.7 Å². The maximum atomic E-state index is 11.0. The number of rotatable bonds is 2. The van der Waals surface area contributed by atoms with Crippen LogP contribution in [0, 0.1) is 0 Å². The van der Waals surface area contributed by atoms with Crippen molar-refractivity contribution in [3.05, 3.63) is 38.7 Å². The summed E-state index contributed by atoms with van der Waals surface area (Å²) in [5.74, 6) is 0. The predicted molar refractivity (Wildman–Crippen MR) is 45.8 cm³/mol. The van der Waals surface area contributed by atoms with E-state index < -0.39 is 11.2 Å². The minimum Gasteiger partial charge on any atom is -0.327 e. The molecule has 5 heteroatoms. The van der Waals surface area contributed by atoms with Crippen molar-refractivity contribution in [3.63, 3.8) is 0 Å². The molecule has 1 aromatic rings. The van der Waals surface area contributed by atoms with Gasteiger partial charge in [-0.25, -0.2) is 4.79 Å². The quantitative estimate of drug-likeness (QED) is 0.529. The van der Waals surface area contributed by atoms with Gasteiger partial charge in [-0.3, -0.25) is 9.78 Å². The van der Waals surface area contributed by atoms with Gasteiger partial charge in [0.1, 0.15) is 0 Å². The van der Waals surface area contributed by atoms with Crippen LogP contribution < -0.4 is 17.0 Å². The van der Waals surface area contributed by atoms with Crippen LogP contribution in [0.15, 0.2) is 21.9 Å². The standard InChI is InChI=1S/C7H9N3O2/c8-3-1-2-5-4-9-7(12)10-6(5)11/h1-2,4H,3,8H2,(H2,9,10,11,12)/b2-1+. The largest absolute Gasteiger partial charge is 0.327 e. The van der Waals surface area contributed by atoms with Gasteiger partial charge in [-0.1, -0.05) is 12.2 Å². The molecule has 0 aliphatic heterocycles. The van der Waals surface area contributed by atoms with E-state index in [2.05, 4.69) is 9.97 Å². The Labute approximate surface area is 67.9 Å². The number of hydrogen-bond donors (Lipinski definition) is 3. The summed E-state index contributed by atoms with van der Waals surface area (Å²) in [7, 11) is 0. The zero-order chi connectivity index (χ0) is 8.97. The molecule has 0 aliphatic rings. The van der Waals surface area contributed by atoms with Crippen molar-refractivity contribution < 1.29 is 0 Å². The Balaban J connectivity index is 3.11. The third-order valence-electron chi connectivity index (χ3n) is 1.28. The fraction of sp³-hybridized carbons (Fsp3) is 0.143. The molecule has 0 unspecified atom stereocenters. The van der Waals surface area contributed by atoms with Gasteiger partial charge in [-0.2, -0.15) is 0 Å². The third-order valence-corrected chi connectivity index (χ3v) is 1.28. The Morgan fingerprint density at radius 2 is 2.25 bits per heavy atom. The maximum Gasteiger partial charge on any atom is 0.325 e. The number of hydrogen-bond acceptors (Lipinski definition) is 3. The number of aromatic amines is 2. The average molecular weight is 167 g/mol. The molecule has 1 rings (SSSR count). The van der Waals surface area contributed by atoms with Gasteiger partial charge < -0.3 is 10.7 Å². The van der Waals surface area contributed by atoms with Crippen molar-refractivity contribution in [2.45, 2.75) is 0 Å². The van der Waals surface area contributed by atoms with Crippen LogP contribution in [0.1, 0.15) is 5.56 Å². The molecule has 0 bridgehead atoms. The fourth-order valence-corrected chi connectivity index (χ4v) is 0.739. The highest BCUT2D eigenvalue weighted by molar-refractivity contribution is 5.46. The van der Waals surface area contributed by atoms with Crippen LogP contribution in [0.3, 0.4) is 0 Å².